The first kappa shape index (κ1) is 27.5. The highest BCUT2D eigenvalue weighted by atomic mass is 35.5. The molecule has 6 aromatic rings. The van der Waals surface area contributed by atoms with Crippen molar-refractivity contribution in [2.24, 2.45) is 0 Å². The molecule has 188 valence electrons. The molecule has 0 saturated carbocycles. The number of nitrogens with two attached hydrogens (primary N) is 1. The predicted molar refractivity (Wildman–Crippen MR) is 155 cm³/mol. The standard InChI is InChI=1S/C26H19N7O.3ClH/c27-26-29-14-12-24(33-26)34-18-9-10-22-23(15-18)32-25(31-22)16-5-7-17(8-6-16)30-21-11-13-28-20-4-2-1-3-19(20)21;;;/h1-15H,(H,28,30)(H,31,32)(H2,27,29,33);3*1H. The van der Waals surface area contributed by atoms with E-state index in [1.165, 1.54) is 0 Å². The first-order valence-corrected chi connectivity index (χ1v) is 10.7. The van der Waals surface area contributed by atoms with Gasteiger partial charge in [-0.15, -0.1) is 37.2 Å². The van der Waals surface area contributed by atoms with Gasteiger partial charge in [0.15, 0.2) is 0 Å². The number of fused-ring (bicyclic) bond motifs is 2. The molecule has 0 bridgehead atoms. The average Bonchev–Trinajstić information content (AvgIpc) is 3.28. The first-order valence-electron chi connectivity index (χ1n) is 10.7. The average molecular weight is 555 g/mol. The van der Waals surface area contributed by atoms with Crippen molar-refractivity contribution in [3.05, 3.63) is 91.3 Å². The summed E-state index contributed by atoms with van der Waals surface area (Å²) < 4.78 is 5.79. The van der Waals surface area contributed by atoms with Crippen molar-refractivity contribution in [1.29, 1.82) is 0 Å². The van der Waals surface area contributed by atoms with Gasteiger partial charge in [-0.25, -0.2) is 9.97 Å². The molecule has 0 radical (unpaired) electrons. The van der Waals surface area contributed by atoms with Crippen molar-refractivity contribution in [2.75, 3.05) is 11.1 Å². The Morgan fingerprint density at radius 1 is 0.757 bits per heavy atom. The number of aromatic nitrogens is 5. The van der Waals surface area contributed by atoms with Crippen molar-refractivity contribution in [1.82, 2.24) is 24.9 Å². The molecule has 37 heavy (non-hydrogen) atoms. The number of anilines is 3. The number of aromatic amines is 1. The topological polar surface area (TPSA) is 115 Å². The Kier molecular flexibility index (Phi) is 8.73. The minimum absolute atomic E-state index is 0. The molecule has 0 aliphatic rings. The summed E-state index contributed by atoms with van der Waals surface area (Å²) in [5.41, 5.74) is 11.3. The van der Waals surface area contributed by atoms with Crippen LogP contribution in [0.4, 0.5) is 17.3 Å². The van der Waals surface area contributed by atoms with Gasteiger partial charge in [0.05, 0.1) is 16.6 Å². The third-order valence-electron chi connectivity index (χ3n) is 5.41. The van der Waals surface area contributed by atoms with E-state index in [0.717, 1.165) is 44.7 Å². The van der Waals surface area contributed by atoms with Gasteiger partial charge in [-0.1, -0.05) is 18.2 Å². The van der Waals surface area contributed by atoms with Gasteiger partial charge in [0.1, 0.15) is 11.6 Å². The summed E-state index contributed by atoms with van der Waals surface area (Å²) in [7, 11) is 0. The zero-order valence-electron chi connectivity index (χ0n) is 19.2. The van der Waals surface area contributed by atoms with E-state index in [0.29, 0.717) is 11.6 Å². The monoisotopic (exact) mass is 553 g/mol. The van der Waals surface area contributed by atoms with E-state index in [1.807, 2.05) is 72.9 Å². The molecule has 0 aliphatic heterocycles. The number of nitrogens with zero attached hydrogens (tertiary/aromatic N) is 4. The van der Waals surface area contributed by atoms with E-state index in [1.54, 1.807) is 12.3 Å². The number of nitrogens with one attached hydrogen (secondary N) is 2. The number of H-pyrrole nitrogens is 1. The summed E-state index contributed by atoms with van der Waals surface area (Å²) in [6.45, 7) is 0. The molecule has 0 saturated heterocycles. The zero-order chi connectivity index (χ0) is 22.9. The highest BCUT2D eigenvalue weighted by Gasteiger charge is 2.09. The second-order valence-corrected chi connectivity index (χ2v) is 7.70. The molecule has 4 N–H and O–H groups in total. The molecule has 3 heterocycles. The molecule has 0 fully saturated rings. The number of hydrogen-bond acceptors (Lipinski definition) is 7. The second-order valence-electron chi connectivity index (χ2n) is 7.70. The lowest BCUT2D eigenvalue weighted by molar-refractivity contribution is 0.463. The van der Waals surface area contributed by atoms with Crippen LogP contribution in [-0.2, 0) is 0 Å². The fraction of sp³-hybridized carbons (Fsp3) is 0. The van der Waals surface area contributed by atoms with Crippen molar-refractivity contribution in [2.45, 2.75) is 0 Å². The van der Waals surface area contributed by atoms with Gasteiger partial charge in [-0.3, -0.25) is 4.98 Å². The van der Waals surface area contributed by atoms with Crippen molar-refractivity contribution < 1.29 is 4.74 Å². The van der Waals surface area contributed by atoms with Crippen LogP contribution in [0.3, 0.4) is 0 Å². The smallest absolute Gasteiger partial charge is 0.224 e. The fourth-order valence-electron chi connectivity index (χ4n) is 3.79. The van der Waals surface area contributed by atoms with Crippen LogP contribution < -0.4 is 15.8 Å². The van der Waals surface area contributed by atoms with E-state index in [4.69, 9.17) is 15.5 Å². The van der Waals surface area contributed by atoms with E-state index >= 15 is 0 Å². The second kappa shape index (κ2) is 11.7. The number of para-hydroxylation sites is 1. The maximum absolute atomic E-state index is 5.79. The molecule has 0 spiro atoms. The number of hydrogen-bond donors (Lipinski definition) is 3. The number of pyridine rings is 1. The minimum atomic E-state index is 0. The molecule has 0 atom stereocenters. The molecule has 11 heteroatoms. The highest BCUT2D eigenvalue weighted by molar-refractivity contribution is 5.92. The summed E-state index contributed by atoms with van der Waals surface area (Å²) >= 11 is 0. The quantitative estimate of drug-likeness (QED) is 0.211. The molecule has 3 aromatic carbocycles. The lowest BCUT2D eigenvalue weighted by Gasteiger charge is -2.09. The SMILES string of the molecule is Cl.Cl.Cl.Nc1nccc(Oc2ccc3[nH]c(-c4ccc(Nc5ccnc6ccccc56)cc4)nc3c2)n1. The molecule has 3 aromatic heterocycles. The highest BCUT2D eigenvalue weighted by Crippen LogP contribution is 2.29. The van der Waals surface area contributed by atoms with Crippen LogP contribution in [0.25, 0.3) is 33.3 Å². The summed E-state index contributed by atoms with van der Waals surface area (Å²) in [5.74, 6) is 1.94. The van der Waals surface area contributed by atoms with Gasteiger partial charge in [-0.2, -0.15) is 4.98 Å². The normalized spacial score (nSPS) is 10.2. The lowest BCUT2D eigenvalue weighted by atomic mass is 10.1. The largest absolute Gasteiger partial charge is 0.439 e. The minimum Gasteiger partial charge on any atom is -0.439 e. The Morgan fingerprint density at radius 3 is 2.35 bits per heavy atom. The number of halogens is 3. The Labute approximate surface area is 231 Å². The van der Waals surface area contributed by atoms with Crippen molar-refractivity contribution in [3.63, 3.8) is 0 Å². The summed E-state index contributed by atoms with van der Waals surface area (Å²) in [4.78, 5) is 20.5. The zero-order valence-corrected chi connectivity index (χ0v) is 21.6. The van der Waals surface area contributed by atoms with Crippen molar-refractivity contribution in [3.8, 4) is 23.0 Å². The van der Waals surface area contributed by atoms with Crippen LogP contribution in [0.2, 0.25) is 0 Å². The lowest BCUT2D eigenvalue weighted by Crippen LogP contribution is -1.95. The number of nitrogen functional groups attached to an aromatic ring is 1. The molecule has 8 nitrogen and oxygen atoms in total. The summed E-state index contributed by atoms with van der Waals surface area (Å²) in [5, 5.41) is 4.56. The third kappa shape index (κ3) is 5.83. The number of rotatable bonds is 5. The molecule has 0 unspecified atom stereocenters. The number of benzene rings is 3. The van der Waals surface area contributed by atoms with E-state index < -0.39 is 0 Å². The molecule has 0 amide bonds. The molecular formula is C26H22Cl3N7O. The number of ether oxygens (including phenoxy) is 1. The first-order chi connectivity index (χ1) is 16.7. The Morgan fingerprint density at radius 2 is 1.54 bits per heavy atom. The molecular weight excluding hydrogens is 533 g/mol. The van der Waals surface area contributed by atoms with E-state index in [9.17, 15) is 0 Å². The number of imidazole rings is 1. The van der Waals surface area contributed by atoms with Crippen LogP contribution in [-0.4, -0.2) is 24.9 Å². The van der Waals surface area contributed by atoms with Crippen LogP contribution >= 0.6 is 37.2 Å². The Hall–Kier alpha value is -4.11. The van der Waals surface area contributed by atoms with E-state index in [2.05, 4.69) is 31.3 Å². The Balaban J connectivity index is 0.00000127. The maximum atomic E-state index is 5.79. The van der Waals surface area contributed by atoms with Crippen LogP contribution in [0.1, 0.15) is 0 Å². The Bertz CT molecular complexity index is 1640. The summed E-state index contributed by atoms with van der Waals surface area (Å²) in [6, 6.07) is 25.5. The van der Waals surface area contributed by atoms with Gasteiger partial charge in [0, 0.05) is 46.9 Å². The maximum Gasteiger partial charge on any atom is 0.224 e. The summed E-state index contributed by atoms with van der Waals surface area (Å²) in [6.07, 6.45) is 3.36. The van der Waals surface area contributed by atoms with Gasteiger partial charge in [-0.05, 0) is 48.5 Å². The van der Waals surface area contributed by atoms with E-state index in [-0.39, 0.29) is 43.2 Å². The fourth-order valence-corrected chi connectivity index (χ4v) is 3.79. The van der Waals surface area contributed by atoms with Gasteiger partial charge >= 0.3 is 0 Å². The molecule has 0 aliphatic carbocycles. The van der Waals surface area contributed by atoms with Crippen molar-refractivity contribution >= 4 is 76.5 Å². The van der Waals surface area contributed by atoms with Crippen LogP contribution in [0, 0.1) is 0 Å². The van der Waals surface area contributed by atoms with Crippen LogP contribution in [0.15, 0.2) is 91.3 Å². The van der Waals surface area contributed by atoms with Gasteiger partial charge < -0.3 is 20.8 Å². The van der Waals surface area contributed by atoms with Gasteiger partial charge in [0.2, 0.25) is 11.8 Å². The van der Waals surface area contributed by atoms with Gasteiger partial charge in [0.25, 0.3) is 0 Å². The predicted octanol–water partition coefficient (Wildman–Crippen LogP) is 6.95. The third-order valence-corrected chi connectivity index (χ3v) is 5.41. The molecule has 6 rings (SSSR count). The van der Waals surface area contributed by atoms with Crippen LogP contribution in [0.5, 0.6) is 11.6 Å².